The van der Waals surface area contributed by atoms with Crippen LogP contribution in [-0.4, -0.2) is 41.1 Å². The number of ether oxygens (including phenoxy) is 2. The Morgan fingerprint density at radius 3 is 2.32 bits per heavy atom. The van der Waals surface area contributed by atoms with E-state index in [-0.39, 0.29) is 22.9 Å². The van der Waals surface area contributed by atoms with E-state index in [0.29, 0.717) is 17.1 Å². The van der Waals surface area contributed by atoms with Crippen LogP contribution < -0.4 is 14.8 Å². The van der Waals surface area contributed by atoms with Crippen LogP contribution in [0, 0.1) is 17.2 Å². The molecule has 1 aromatic carbocycles. The van der Waals surface area contributed by atoms with E-state index in [1.54, 1.807) is 46.3 Å². The van der Waals surface area contributed by atoms with Crippen molar-refractivity contribution in [2.75, 3.05) is 14.2 Å². The Hall–Kier alpha value is -2.73. The highest BCUT2D eigenvalue weighted by atomic mass is 32.2. The summed E-state index contributed by atoms with van der Waals surface area (Å²) in [7, 11) is 3.11. The summed E-state index contributed by atoms with van der Waals surface area (Å²) in [6.07, 6.45) is 0. The SMILES string of the molecule is COc1cc(OC)cc(-c2nnc(S[C@H](C)C(=O)N[C@](C)(C#N)C(C)C)o2)c1. The first-order valence-corrected chi connectivity index (χ1v) is 9.57. The predicted molar refractivity (Wildman–Crippen MR) is 105 cm³/mol. The van der Waals surface area contributed by atoms with Crippen molar-refractivity contribution in [2.24, 2.45) is 5.92 Å². The van der Waals surface area contributed by atoms with Crippen molar-refractivity contribution in [1.29, 1.82) is 5.26 Å². The molecule has 0 saturated heterocycles. The van der Waals surface area contributed by atoms with Crippen LogP contribution in [0.5, 0.6) is 11.5 Å². The monoisotopic (exact) mass is 404 g/mol. The molecule has 2 rings (SSSR count). The van der Waals surface area contributed by atoms with Crippen LogP contribution in [0.1, 0.15) is 27.7 Å². The fourth-order valence-corrected chi connectivity index (χ4v) is 2.85. The molecule has 0 aliphatic carbocycles. The fourth-order valence-electron chi connectivity index (χ4n) is 2.17. The second-order valence-electron chi connectivity index (χ2n) is 6.69. The molecule has 0 bridgehead atoms. The molecule has 1 amide bonds. The molecule has 0 spiro atoms. The van der Waals surface area contributed by atoms with E-state index in [4.69, 9.17) is 13.9 Å². The number of nitriles is 1. The van der Waals surface area contributed by atoms with Gasteiger partial charge in [0, 0.05) is 11.6 Å². The number of aromatic nitrogens is 2. The molecule has 2 atom stereocenters. The molecule has 1 N–H and O–H groups in total. The molecular formula is C19H24N4O4S. The number of methoxy groups -OCH3 is 2. The second kappa shape index (κ2) is 8.97. The van der Waals surface area contributed by atoms with Crippen molar-refractivity contribution in [3.8, 4) is 29.0 Å². The van der Waals surface area contributed by atoms with Crippen LogP contribution in [0.4, 0.5) is 0 Å². The van der Waals surface area contributed by atoms with Gasteiger partial charge in [0.1, 0.15) is 17.0 Å². The summed E-state index contributed by atoms with van der Waals surface area (Å²) in [6, 6.07) is 7.40. The number of carbonyl (C=O) groups is 1. The van der Waals surface area contributed by atoms with Gasteiger partial charge in [-0.3, -0.25) is 4.79 Å². The van der Waals surface area contributed by atoms with Crippen molar-refractivity contribution >= 4 is 17.7 Å². The second-order valence-corrected chi connectivity index (χ2v) is 7.98. The number of rotatable bonds is 8. The molecule has 0 aliphatic rings. The smallest absolute Gasteiger partial charge is 0.277 e. The zero-order valence-electron chi connectivity index (χ0n) is 16.8. The number of amides is 1. The van der Waals surface area contributed by atoms with Gasteiger partial charge in [-0.2, -0.15) is 5.26 Å². The van der Waals surface area contributed by atoms with E-state index in [1.165, 1.54) is 0 Å². The summed E-state index contributed by atoms with van der Waals surface area (Å²) < 4.78 is 16.2. The molecule has 0 radical (unpaired) electrons. The van der Waals surface area contributed by atoms with Gasteiger partial charge in [-0.15, -0.1) is 10.2 Å². The van der Waals surface area contributed by atoms with Crippen molar-refractivity contribution < 1.29 is 18.7 Å². The van der Waals surface area contributed by atoms with Gasteiger partial charge in [-0.1, -0.05) is 25.6 Å². The average Bonchev–Trinajstić information content (AvgIpc) is 3.15. The molecule has 1 aromatic heterocycles. The Balaban J connectivity index is 2.13. The molecule has 28 heavy (non-hydrogen) atoms. The number of nitrogens with zero attached hydrogens (tertiary/aromatic N) is 3. The Morgan fingerprint density at radius 1 is 1.21 bits per heavy atom. The summed E-state index contributed by atoms with van der Waals surface area (Å²) in [6.45, 7) is 7.19. The van der Waals surface area contributed by atoms with Crippen LogP contribution in [0.15, 0.2) is 27.8 Å². The Labute approximate surface area is 168 Å². The minimum absolute atomic E-state index is 0.0308. The first-order valence-electron chi connectivity index (χ1n) is 8.69. The van der Waals surface area contributed by atoms with Crippen molar-refractivity contribution in [3.05, 3.63) is 18.2 Å². The lowest BCUT2D eigenvalue weighted by Crippen LogP contribution is -2.51. The maximum absolute atomic E-state index is 12.5. The van der Waals surface area contributed by atoms with Gasteiger partial charge in [0.05, 0.1) is 25.5 Å². The van der Waals surface area contributed by atoms with Crippen molar-refractivity contribution in [1.82, 2.24) is 15.5 Å². The summed E-state index contributed by atoms with van der Waals surface area (Å²) in [5, 5.41) is 19.9. The van der Waals surface area contributed by atoms with Crippen molar-refractivity contribution in [3.63, 3.8) is 0 Å². The van der Waals surface area contributed by atoms with Crippen LogP contribution in [0.2, 0.25) is 0 Å². The predicted octanol–water partition coefficient (Wildman–Crippen LogP) is 3.29. The molecule has 0 unspecified atom stereocenters. The Kier molecular flexibility index (Phi) is 6.91. The van der Waals surface area contributed by atoms with Gasteiger partial charge in [0.15, 0.2) is 0 Å². The fraction of sp³-hybridized carbons (Fsp3) is 0.474. The first kappa shape index (κ1) is 21.6. The van der Waals surface area contributed by atoms with E-state index in [1.807, 2.05) is 13.8 Å². The highest BCUT2D eigenvalue weighted by Gasteiger charge is 2.32. The third-order valence-electron chi connectivity index (χ3n) is 4.42. The highest BCUT2D eigenvalue weighted by Crippen LogP contribution is 2.31. The van der Waals surface area contributed by atoms with Crippen LogP contribution in [0.3, 0.4) is 0 Å². The van der Waals surface area contributed by atoms with E-state index < -0.39 is 10.8 Å². The van der Waals surface area contributed by atoms with Gasteiger partial charge in [0.25, 0.3) is 5.22 Å². The zero-order valence-corrected chi connectivity index (χ0v) is 17.6. The summed E-state index contributed by atoms with van der Waals surface area (Å²) >= 11 is 1.13. The number of hydrogen-bond donors (Lipinski definition) is 1. The number of thioether (sulfide) groups is 1. The highest BCUT2D eigenvalue weighted by molar-refractivity contribution is 8.00. The molecule has 2 aromatic rings. The third-order valence-corrected chi connectivity index (χ3v) is 5.36. The standard InChI is InChI=1S/C19H24N4O4S/c1-11(2)19(4,10-20)21-16(24)12(3)28-18-23-22-17(27-18)13-7-14(25-5)9-15(8-13)26-6/h7-9,11-12H,1-6H3,(H,21,24)/t12-,19-/m1/s1. The first-order chi connectivity index (χ1) is 13.2. The summed E-state index contributed by atoms with van der Waals surface area (Å²) in [5.41, 5.74) is -0.298. The molecule has 8 nitrogen and oxygen atoms in total. The van der Waals surface area contributed by atoms with Gasteiger partial charge in [0.2, 0.25) is 11.8 Å². The zero-order chi connectivity index (χ0) is 20.9. The minimum Gasteiger partial charge on any atom is -0.497 e. The molecule has 0 saturated carbocycles. The van der Waals surface area contributed by atoms with E-state index in [0.717, 1.165) is 11.8 Å². The minimum atomic E-state index is -0.941. The average molecular weight is 404 g/mol. The number of benzene rings is 1. The lowest BCUT2D eigenvalue weighted by Gasteiger charge is -2.28. The van der Waals surface area contributed by atoms with Gasteiger partial charge in [-0.05, 0) is 31.9 Å². The van der Waals surface area contributed by atoms with Gasteiger partial charge in [-0.25, -0.2) is 0 Å². The number of nitrogens with one attached hydrogen (secondary N) is 1. The third kappa shape index (κ3) is 4.95. The molecule has 0 fully saturated rings. The molecular weight excluding hydrogens is 380 g/mol. The lowest BCUT2D eigenvalue weighted by atomic mass is 9.90. The molecule has 150 valence electrons. The lowest BCUT2D eigenvalue weighted by molar-refractivity contribution is -0.121. The van der Waals surface area contributed by atoms with Crippen molar-refractivity contribution in [2.45, 2.75) is 43.7 Å². The summed E-state index contributed by atoms with van der Waals surface area (Å²) in [4.78, 5) is 12.5. The van der Waals surface area contributed by atoms with E-state index in [2.05, 4.69) is 21.6 Å². The van der Waals surface area contributed by atoms with Gasteiger partial charge < -0.3 is 19.2 Å². The van der Waals surface area contributed by atoms with E-state index >= 15 is 0 Å². The van der Waals surface area contributed by atoms with E-state index in [9.17, 15) is 10.1 Å². The molecule has 9 heteroatoms. The normalized spacial score (nSPS) is 14.1. The number of hydrogen-bond acceptors (Lipinski definition) is 8. The topological polar surface area (TPSA) is 110 Å². The number of carbonyl (C=O) groups excluding carboxylic acids is 1. The molecule has 0 aliphatic heterocycles. The van der Waals surface area contributed by atoms with Crippen LogP contribution in [0.25, 0.3) is 11.5 Å². The van der Waals surface area contributed by atoms with Gasteiger partial charge >= 0.3 is 0 Å². The summed E-state index contributed by atoms with van der Waals surface area (Å²) in [5.74, 6) is 1.18. The quantitative estimate of drug-likeness (QED) is 0.667. The largest absolute Gasteiger partial charge is 0.497 e. The Bertz CT molecular complexity index is 855. The van der Waals surface area contributed by atoms with Crippen LogP contribution in [-0.2, 0) is 4.79 Å². The maximum Gasteiger partial charge on any atom is 0.277 e. The maximum atomic E-state index is 12.5. The molecule has 1 heterocycles. The van der Waals surface area contributed by atoms with Crippen LogP contribution >= 0.6 is 11.8 Å². The Morgan fingerprint density at radius 2 is 1.82 bits per heavy atom.